The molecule has 0 bridgehead atoms. The third-order valence-electron chi connectivity index (χ3n) is 3.80. The molecule has 27 heavy (non-hydrogen) atoms. The first kappa shape index (κ1) is 31.4. The molecule has 0 aromatic carbocycles. The SMILES string of the molecule is CCCCCCCCCCCCS.O=C(O)CC(O)(CC(=O)O)C(=O)O.[NaH]. The van der Waals surface area contributed by atoms with E-state index in [0.29, 0.717) is 0 Å². The third-order valence-corrected chi connectivity index (χ3v) is 4.11. The average Bonchev–Trinajstić information content (AvgIpc) is 2.52. The molecular weight excluding hydrogens is 383 g/mol. The second-order valence-electron chi connectivity index (χ2n) is 6.38. The number of carboxylic acid groups (broad SMARTS) is 3. The zero-order chi connectivity index (χ0) is 20.4. The van der Waals surface area contributed by atoms with E-state index < -0.39 is 36.4 Å². The Bertz CT molecular complexity index is 379. The minimum absolute atomic E-state index is 0. The molecule has 4 N–H and O–H groups in total. The summed E-state index contributed by atoms with van der Waals surface area (Å²) < 4.78 is 0. The van der Waals surface area contributed by atoms with Crippen molar-refractivity contribution in [2.75, 3.05) is 5.75 Å². The molecule has 7 nitrogen and oxygen atoms in total. The molecule has 0 atom stereocenters. The number of thiol groups is 1. The Kier molecular flexibility index (Phi) is 23.8. The number of rotatable bonds is 15. The first-order valence-corrected chi connectivity index (χ1v) is 9.83. The van der Waals surface area contributed by atoms with E-state index in [-0.39, 0.29) is 29.6 Å². The summed E-state index contributed by atoms with van der Waals surface area (Å²) in [6.07, 6.45) is 11.9. The Morgan fingerprint density at radius 1 is 0.741 bits per heavy atom. The van der Waals surface area contributed by atoms with Gasteiger partial charge in [0.1, 0.15) is 0 Å². The van der Waals surface area contributed by atoms with Crippen LogP contribution in [0.25, 0.3) is 0 Å². The molecule has 0 aliphatic rings. The van der Waals surface area contributed by atoms with Gasteiger partial charge in [0.15, 0.2) is 5.60 Å². The fourth-order valence-electron chi connectivity index (χ4n) is 2.31. The van der Waals surface area contributed by atoms with Crippen molar-refractivity contribution in [2.24, 2.45) is 0 Å². The van der Waals surface area contributed by atoms with E-state index in [0.717, 1.165) is 5.75 Å². The maximum atomic E-state index is 10.3. The van der Waals surface area contributed by atoms with Gasteiger partial charge in [-0.05, 0) is 12.2 Å². The van der Waals surface area contributed by atoms with Crippen molar-refractivity contribution in [3.8, 4) is 0 Å². The van der Waals surface area contributed by atoms with Crippen molar-refractivity contribution in [2.45, 2.75) is 89.6 Å². The van der Waals surface area contributed by atoms with Crippen LogP contribution in [0.15, 0.2) is 0 Å². The van der Waals surface area contributed by atoms with Crippen LogP contribution in [-0.4, -0.2) is 79.2 Å². The van der Waals surface area contributed by atoms with Crippen LogP contribution in [0.5, 0.6) is 0 Å². The number of aliphatic hydroxyl groups is 1. The van der Waals surface area contributed by atoms with E-state index in [1.807, 2.05) is 0 Å². The van der Waals surface area contributed by atoms with Crippen LogP contribution in [-0.2, 0) is 14.4 Å². The average molecular weight is 419 g/mol. The van der Waals surface area contributed by atoms with Crippen molar-refractivity contribution in [1.82, 2.24) is 0 Å². The monoisotopic (exact) mass is 418 g/mol. The summed E-state index contributed by atoms with van der Waals surface area (Å²) in [5.74, 6) is -3.95. The molecule has 0 spiro atoms. The summed E-state index contributed by atoms with van der Waals surface area (Å²) in [7, 11) is 0. The summed E-state index contributed by atoms with van der Waals surface area (Å²) in [5.41, 5.74) is -2.74. The normalized spacial score (nSPS) is 10.3. The standard InChI is InChI=1S/C12H26S.C6H8O7.Na.H/c1-2-3-4-5-6-7-8-9-10-11-12-13;7-3(8)1-6(13,5(11)12)2-4(9)10;;/h13H,2-12H2,1H3;13H,1-2H2,(H,7,8)(H,9,10)(H,11,12);;. The van der Waals surface area contributed by atoms with Crippen molar-refractivity contribution in [1.29, 1.82) is 0 Å². The number of unbranched alkanes of at least 4 members (excludes halogenated alkanes) is 9. The summed E-state index contributed by atoms with van der Waals surface area (Å²) in [4.78, 5) is 30.5. The van der Waals surface area contributed by atoms with Gasteiger partial charge in [0.2, 0.25) is 0 Å². The zero-order valence-corrected chi connectivity index (χ0v) is 16.5. The summed E-state index contributed by atoms with van der Waals surface area (Å²) in [6, 6.07) is 0. The molecule has 0 aliphatic heterocycles. The van der Waals surface area contributed by atoms with Gasteiger partial charge in [-0.3, -0.25) is 9.59 Å². The topological polar surface area (TPSA) is 132 Å². The van der Waals surface area contributed by atoms with E-state index >= 15 is 0 Å². The second kappa shape index (κ2) is 20.5. The van der Waals surface area contributed by atoms with Gasteiger partial charge < -0.3 is 20.4 Å². The van der Waals surface area contributed by atoms with Gasteiger partial charge in [0.25, 0.3) is 0 Å². The van der Waals surface area contributed by atoms with Gasteiger partial charge in [-0.2, -0.15) is 12.6 Å². The Balaban J connectivity index is -0.000000411. The molecule has 0 unspecified atom stereocenters. The molecule has 9 heteroatoms. The summed E-state index contributed by atoms with van der Waals surface area (Å²) >= 11 is 4.20. The predicted molar refractivity (Wildman–Crippen MR) is 110 cm³/mol. The van der Waals surface area contributed by atoms with Crippen molar-refractivity contribution in [3.05, 3.63) is 0 Å². The second-order valence-corrected chi connectivity index (χ2v) is 6.83. The number of carbonyl (C=O) groups is 3. The van der Waals surface area contributed by atoms with Gasteiger partial charge in [-0.25, -0.2) is 4.79 Å². The van der Waals surface area contributed by atoms with Crippen LogP contribution in [0.4, 0.5) is 0 Å². The molecule has 0 heterocycles. The number of hydrogen-bond acceptors (Lipinski definition) is 5. The summed E-state index contributed by atoms with van der Waals surface area (Å²) in [5, 5.41) is 33.8. The molecule has 0 aromatic heterocycles. The Morgan fingerprint density at radius 2 is 1.07 bits per heavy atom. The molecular formula is C18H35NaO7S. The van der Waals surface area contributed by atoms with Crippen LogP contribution < -0.4 is 0 Å². The molecule has 0 saturated heterocycles. The molecule has 0 aliphatic carbocycles. The molecule has 0 radical (unpaired) electrons. The van der Waals surface area contributed by atoms with E-state index in [1.54, 1.807) is 0 Å². The van der Waals surface area contributed by atoms with Gasteiger partial charge >= 0.3 is 47.5 Å². The third kappa shape index (κ3) is 21.9. The quantitative estimate of drug-likeness (QED) is 0.157. The fourth-order valence-corrected chi connectivity index (χ4v) is 2.54. The fraction of sp³-hybridized carbons (Fsp3) is 0.833. The predicted octanol–water partition coefficient (Wildman–Crippen LogP) is 2.94. The molecule has 0 saturated carbocycles. The van der Waals surface area contributed by atoms with Crippen molar-refractivity contribution < 1.29 is 34.8 Å². The Hall–Kier alpha value is -0.280. The van der Waals surface area contributed by atoms with Crippen LogP contribution in [0, 0.1) is 0 Å². The number of carboxylic acids is 3. The van der Waals surface area contributed by atoms with E-state index in [2.05, 4.69) is 19.6 Å². The van der Waals surface area contributed by atoms with Crippen LogP contribution in [0.2, 0.25) is 0 Å². The molecule has 156 valence electrons. The van der Waals surface area contributed by atoms with E-state index in [1.165, 1.54) is 64.2 Å². The van der Waals surface area contributed by atoms with Crippen LogP contribution in [0.3, 0.4) is 0 Å². The molecule has 0 fully saturated rings. The van der Waals surface area contributed by atoms with Gasteiger partial charge in [0.05, 0.1) is 12.8 Å². The van der Waals surface area contributed by atoms with Crippen LogP contribution >= 0.6 is 12.6 Å². The molecule has 0 aromatic rings. The maximum absolute atomic E-state index is 10.3. The zero-order valence-electron chi connectivity index (χ0n) is 15.7. The first-order valence-electron chi connectivity index (χ1n) is 9.19. The van der Waals surface area contributed by atoms with Crippen molar-refractivity contribution in [3.63, 3.8) is 0 Å². The first-order chi connectivity index (χ1) is 12.2. The van der Waals surface area contributed by atoms with Crippen molar-refractivity contribution >= 4 is 60.1 Å². The van der Waals surface area contributed by atoms with Gasteiger partial charge in [-0.1, -0.05) is 64.7 Å². The van der Waals surface area contributed by atoms with E-state index in [4.69, 9.17) is 20.4 Å². The van der Waals surface area contributed by atoms with E-state index in [9.17, 15) is 14.4 Å². The molecule has 0 rings (SSSR count). The molecule has 0 amide bonds. The Labute approximate surface area is 189 Å². The Morgan fingerprint density at radius 3 is 1.33 bits per heavy atom. The summed E-state index contributed by atoms with van der Waals surface area (Å²) in [6.45, 7) is 2.28. The number of hydrogen-bond donors (Lipinski definition) is 5. The minimum atomic E-state index is -2.74. The van der Waals surface area contributed by atoms with Gasteiger partial charge in [0, 0.05) is 0 Å². The van der Waals surface area contributed by atoms with Gasteiger partial charge in [-0.15, -0.1) is 0 Å². The number of aliphatic carboxylic acids is 3. The van der Waals surface area contributed by atoms with Crippen LogP contribution in [0.1, 0.15) is 84.0 Å².